The van der Waals surface area contributed by atoms with E-state index in [0.29, 0.717) is 11.5 Å². The van der Waals surface area contributed by atoms with Crippen molar-refractivity contribution in [3.05, 3.63) is 0 Å². The summed E-state index contributed by atoms with van der Waals surface area (Å²) in [4.78, 5) is 2.27. The highest BCUT2D eigenvalue weighted by Gasteiger charge is 2.21. The van der Waals surface area contributed by atoms with Crippen molar-refractivity contribution in [1.29, 1.82) is 0 Å². The fraction of sp³-hybridized carbons (Fsp3) is 1.00. The first kappa shape index (κ1) is 12.3. The molecule has 2 rings (SSSR count). The third kappa shape index (κ3) is 3.71. The summed E-state index contributed by atoms with van der Waals surface area (Å²) in [5, 5.41) is 3.53. The van der Waals surface area contributed by atoms with Crippen LogP contribution >= 0.6 is 0 Å². The number of nitrogens with zero attached hydrogens (tertiary/aromatic N) is 1. The second kappa shape index (κ2) is 5.47. The van der Waals surface area contributed by atoms with E-state index < -0.39 is 9.84 Å². The van der Waals surface area contributed by atoms with Crippen molar-refractivity contribution >= 4 is 9.84 Å². The molecular weight excluding hydrogens is 224 g/mol. The summed E-state index contributed by atoms with van der Waals surface area (Å²) in [6.45, 7) is 3.57. The summed E-state index contributed by atoms with van der Waals surface area (Å²) in [5.41, 5.74) is 0. The molecule has 0 aromatic rings. The largest absolute Gasteiger partial charge is 0.314 e. The van der Waals surface area contributed by atoms with Gasteiger partial charge in [-0.15, -0.1) is 0 Å². The Morgan fingerprint density at radius 1 is 1.19 bits per heavy atom. The highest BCUT2D eigenvalue weighted by molar-refractivity contribution is 7.91. The van der Waals surface area contributed by atoms with E-state index in [1.54, 1.807) is 0 Å². The minimum atomic E-state index is -2.71. The van der Waals surface area contributed by atoms with Gasteiger partial charge in [-0.1, -0.05) is 6.42 Å². The predicted octanol–water partition coefficient (Wildman–Crippen LogP) is 0.249. The standard InChI is InChI=1S/C11H22N2O2S/c14-16(15)9-7-13(8-10-16)6-2-5-12-11-3-1-4-11/h11-12H,1-10H2. The molecule has 1 heterocycles. The summed E-state index contributed by atoms with van der Waals surface area (Å²) in [7, 11) is -2.71. The minimum absolute atomic E-state index is 0.350. The highest BCUT2D eigenvalue weighted by atomic mass is 32.2. The van der Waals surface area contributed by atoms with Crippen LogP contribution in [0.15, 0.2) is 0 Å². The monoisotopic (exact) mass is 246 g/mol. The average Bonchev–Trinajstić information content (AvgIpc) is 2.17. The van der Waals surface area contributed by atoms with Gasteiger partial charge in [0, 0.05) is 19.1 Å². The van der Waals surface area contributed by atoms with E-state index in [4.69, 9.17) is 0 Å². The third-order valence-corrected chi connectivity index (χ3v) is 5.24. The maximum Gasteiger partial charge on any atom is 0.152 e. The van der Waals surface area contributed by atoms with Gasteiger partial charge in [0.1, 0.15) is 0 Å². The van der Waals surface area contributed by atoms with E-state index in [9.17, 15) is 8.42 Å². The van der Waals surface area contributed by atoms with Crippen LogP contribution in [0.2, 0.25) is 0 Å². The van der Waals surface area contributed by atoms with Crippen molar-refractivity contribution in [2.45, 2.75) is 31.7 Å². The third-order valence-electron chi connectivity index (χ3n) is 3.63. The summed E-state index contributed by atoms with van der Waals surface area (Å²) in [6.07, 6.45) is 5.18. The fourth-order valence-electron chi connectivity index (χ4n) is 2.20. The minimum Gasteiger partial charge on any atom is -0.314 e. The van der Waals surface area contributed by atoms with E-state index in [1.807, 2.05) is 0 Å². The lowest BCUT2D eigenvalue weighted by Gasteiger charge is -2.28. The van der Waals surface area contributed by atoms with E-state index in [-0.39, 0.29) is 0 Å². The zero-order chi connectivity index (χ0) is 11.4. The van der Waals surface area contributed by atoms with Crippen LogP contribution in [0, 0.1) is 0 Å². The van der Waals surface area contributed by atoms with Crippen molar-refractivity contribution in [2.75, 3.05) is 37.7 Å². The van der Waals surface area contributed by atoms with E-state index in [1.165, 1.54) is 19.3 Å². The van der Waals surface area contributed by atoms with Gasteiger partial charge >= 0.3 is 0 Å². The summed E-state index contributed by atoms with van der Waals surface area (Å²) >= 11 is 0. The first-order valence-corrected chi connectivity index (χ1v) is 8.14. The first-order chi connectivity index (χ1) is 7.66. The Morgan fingerprint density at radius 2 is 1.88 bits per heavy atom. The molecule has 94 valence electrons. The number of hydrogen-bond donors (Lipinski definition) is 1. The van der Waals surface area contributed by atoms with Crippen LogP contribution < -0.4 is 5.32 Å². The van der Waals surface area contributed by atoms with Gasteiger partial charge in [-0.25, -0.2) is 8.42 Å². The molecule has 1 saturated carbocycles. The molecule has 4 nitrogen and oxygen atoms in total. The molecule has 0 unspecified atom stereocenters. The molecular formula is C11H22N2O2S. The number of hydrogen-bond acceptors (Lipinski definition) is 4. The Morgan fingerprint density at radius 3 is 2.44 bits per heavy atom. The molecule has 2 aliphatic rings. The smallest absolute Gasteiger partial charge is 0.152 e. The van der Waals surface area contributed by atoms with Gasteiger partial charge in [0.15, 0.2) is 9.84 Å². The topological polar surface area (TPSA) is 49.4 Å². The molecule has 0 spiro atoms. The normalized spacial score (nSPS) is 26.5. The molecule has 1 aliphatic carbocycles. The van der Waals surface area contributed by atoms with Crippen molar-refractivity contribution in [2.24, 2.45) is 0 Å². The van der Waals surface area contributed by atoms with Crippen LogP contribution in [0.3, 0.4) is 0 Å². The molecule has 0 bridgehead atoms. The molecule has 0 aromatic carbocycles. The molecule has 2 fully saturated rings. The first-order valence-electron chi connectivity index (χ1n) is 6.32. The van der Waals surface area contributed by atoms with Crippen LogP contribution in [0.4, 0.5) is 0 Å². The summed E-state index contributed by atoms with van der Waals surface area (Å²) in [5.74, 6) is 0.701. The average molecular weight is 246 g/mol. The lowest BCUT2D eigenvalue weighted by atomic mass is 9.93. The Kier molecular flexibility index (Phi) is 4.21. The predicted molar refractivity (Wildman–Crippen MR) is 65.4 cm³/mol. The second-order valence-electron chi connectivity index (χ2n) is 4.93. The van der Waals surface area contributed by atoms with Gasteiger partial charge in [-0.2, -0.15) is 0 Å². The van der Waals surface area contributed by atoms with Gasteiger partial charge in [0.2, 0.25) is 0 Å². The van der Waals surface area contributed by atoms with Gasteiger partial charge in [-0.05, 0) is 32.4 Å². The summed E-state index contributed by atoms with van der Waals surface area (Å²) < 4.78 is 22.4. The lowest BCUT2D eigenvalue weighted by molar-refractivity contribution is 0.278. The van der Waals surface area contributed by atoms with Crippen molar-refractivity contribution in [1.82, 2.24) is 10.2 Å². The maximum absolute atomic E-state index is 11.2. The maximum atomic E-state index is 11.2. The second-order valence-corrected chi connectivity index (χ2v) is 7.23. The van der Waals surface area contributed by atoms with Crippen LogP contribution in [0.1, 0.15) is 25.7 Å². The van der Waals surface area contributed by atoms with Crippen LogP contribution in [0.25, 0.3) is 0 Å². The molecule has 0 atom stereocenters. The highest BCUT2D eigenvalue weighted by Crippen LogP contribution is 2.17. The van der Waals surface area contributed by atoms with Gasteiger partial charge in [0.05, 0.1) is 11.5 Å². The number of sulfone groups is 1. The van der Waals surface area contributed by atoms with Crippen LogP contribution in [0.5, 0.6) is 0 Å². The number of rotatable bonds is 5. The van der Waals surface area contributed by atoms with Crippen LogP contribution in [-0.2, 0) is 9.84 Å². The van der Waals surface area contributed by atoms with Gasteiger partial charge in [-0.3, -0.25) is 0 Å². The Bertz CT molecular complexity index is 298. The Hall–Kier alpha value is -0.130. The zero-order valence-electron chi connectivity index (χ0n) is 9.82. The molecule has 0 aromatic heterocycles. The zero-order valence-corrected chi connectivity index (χ0v) is 10.6. The van der Waals surface area contributed by atoms with Gasteiger partial charge < -0.3 is 10.2 Å². The van der Waals surface area contributed by atoms with E-state index in [0.717, 1.165) is 38.6 Å². The molecule has 5 heteroatoms. The molecule has 16 heavy (non-hydrogen) atoms. The molecule has 1 saturated heterocycles. The van der Waals surface area contributed by atoms with Crippen LogP contribution in [-0.4, -0.2) is 57.0 Å². The van der Waals surface area contributed by atoms with Crippen molar-refractivity contribution in [3.8, 4) is 0 Å². The molecule has 1 aliphatic heterocycles. The van der Waals surface area contributed by atoms with E-state index >= 15 is 0 Å². The lowest BCUT2D eigenvalue weighted by Crippen LogP contribution is -2.42. The molecule has 0 amide bonds. The Labute approximate surface area is 98.3 Å². The summed E-state index contributed by atoms with van der Waals surface area (Å²) in [6, 6.07) is 0.765. The quantitative estimate of drug-likeness (QED) is 0.707. The SMILES string of the molecule is O=S1(=O)CCN(CCCNC2CCC2)CC1. The number of nitrogens with one attached hydrogen (secondary N) is 1. The Balaban J connectivity index is 1.53. The fourth-order valence-corrected chi connectivity index (χ4v) is 3.47. The van der Waals surface area contributed by atoms with Gasteiger partial charge in [0.25, 0.3) is 0 Å². The molecule has 1 N–H and O–H groups in total. The molecule has 0 radical (unpaired) electrons. The van der Waals surface area contributed by atoms with Crippen molar-refractivity contribution < 1.29 is 8.42 Å². The van der Waals surface area contributed by atoms with E-state index in [2.05, 4.69) is 10.2 Å². The van der Waals surface area contributed by atoms with Crippen molar-refractivity contribution in [3.63, 3.8) is 0 Å².